The van der Waals surface area contributed by atoms with E-state index in [2.05, 4.69) is 13.0 Å². The summed E-state index contributed by atoms with van der Waals surface area (Å²) in [5.74, 6) is 0.807. The molecule has 0 spiro atoms. The Hall–Kier alpha value is -2.29. The molecule has 0 saturated heterocycles. The van der Waals surface area contributed by atoms with Crippen LogP contribution in [-0.4, -0.2) is 13.0 Å². The number of hydrogen-bond donors (Lipinski definition) is 0. The number of methoxy groups -OCH3 is 1. The second kappa shape index (κ2) is 3.63. The normalized spacial score (nSPS) is 22.5. The Kier molecular flexibility index (Phi) is 2.09. The zero-order valence-corrected chi connectivity index (χ0v) is 11.5. The van der Waals surface area contributed by atoms with Crippen molar-refractivity contribution in [3.63, 3.8) is 0 Å². The lowest BCUT2D eigenvalue weighted by Crippen LogP contribution is -2.38. The molecule has 0 bridgehead atoms. The highest BCUT2D eigenvalue weighted by molar-refractivity contribution is 6.13. The van der Waals surface area contributed by atoms with Gasteiger partial charge < -0.3 is 4.74 Å². The van der Waals surface area contributed by atoms with Crippen LogP contribution in [0, 0.1) is 0 Å². The average molecular weight is 265 g/mol. The number of para-hydroxylation sites is 1. The first-order chi connectivity index (χ1) is 9.65. The highest BCUT2D eigenvalue weighted by atomic mass is 16.5. The number of hydrogen-bond acceptors (Lipinski definition) is 2. The first kappa shape index (κ1) is 11.5. The number of carbonyl (C=O) groups is 1. The number of fused-ring (bicyclic) bond motifs is 5. The van der Waals surface area contributed by atoms with Crippen molar-refractivity contribution in [3.8, 4) is 5.75 Å². The molecule has 2 aromatic carbocycles. The third-order valence-electron chi connectivity index (χ3n) is 4.50. The van der Waals surface area contributed by atoms with Crippen LogP contribution in [0.15, 0.2) is 42.5 Å². The summed E-state index contributed by atoms with van der Waals surface area (Å²) < 4.78 is 5.24. The zero-order valence-electron chi connectivity index (χ0n) is 11.5. The second-order valence-corrected chi connectivity index (χ2v) is 5.63. The van der Waals surface area contributed by atoms with Crippen LogP contribution in [0.1, 0.15) is 28.4 Å². The van der Waals surface area contributed by atoms with Gasteiger partial charge in [-0.15, -0.1) is 0 Å². The van der Waals surface area contributed by atoms with Crippen molar-refractivity contribution in [2.24, 2.45) is 0 Å². The van der Waals surface area contributed by atoms with Crippen LogP contribution >= 0.6 is 0 Å². The van der Waals surface area contributed by atoms with Crippen molar-refractivity contribution in [2.75, 3.05) is 12.0 Å². The first-order valence-corrected chi connectivity index (χ1v) is 6.76. The van der Waals surface area contributed by atoms with Gasteiger partial charge in [0, 0.05) is 17.7 Å². The number of nitrogens with zero attached hydrogens (tertiary/aromatic N) is 1. The van der Waals surface area contributed by atoms with Gasteiger partial charge in [0.1, 0.15) is 5.75 Å². The molecule has 0 fully saturated rings. The van der Waals surface area contributed by atoms with Gasteiger partial charge in [0.2, 0.25) is 0 Å². The van der Waals surface area contributed by atoms with E-state index in [1.54, 1.807) is 7.11 Å². The maximum atomic E-state index is 12.8. The predicted molar refractivity (Wildman–Crippen MR) is 77.3 cm³/mol. The highest BCUT2D eigenvalue weighted by Gasteiger charge is 2.51. The SMILES string of the molecule is COc1ccc2c(c1)C(=O)N1c3ccccc3C[C@]21C. The topological polar surface area (TPSA) is 29.5 Å². The molecule has 0 N–H and O–H groups in total. The molecule has 4 rings (SSSR count). The van der Waals surface area contributed by atoms with E-state index in [1.165, 1.54) is 5.56 Å². The zero-order chi connectivity index (χ0) is 13.9. The number of amides is 1. The summed E-state index contributed by atoms with van der Waals surface area (Å²) in [5, 5.41) is 0. The summed E-state index contributed by atoms with van der Waals surface area (Å²) in [5.41, 5.74) is 3.88. The minimum atomic E-state index is -0.262. The minimum Gasteiger partial charge on any atom is -0.497 e. The van der Waals surface area contributed by atoms with Crippen molar-refractivity contribution in [1.82, 2.24) is 0 Å². The Morgan fingerprint density at radius 3 is 2.80 bits per heavy atom. The largest absolute Gasteiger partial charge is 0.497 e. The Bertz CT molecular complexity index is 738. The van der Waals surface area contributed by atoms with Crippen molar-refractivity contribution in [2.45, 2.75) is 18.9 Å². The fourth-order valence-electron chi connectivity index (χ4n) is 3.56. The monoisotopic (exact) mass is 265 g/mol. The van der Waals surface area contributed by atoms with E-state index < -0.39 is 0 Å². The fraction of sp³-hybridized carbons (Fsp3) is 0.235. The molecule has 1 atom stereocenters. The molecule has 2 aliphatic heterocycles. The maximum Gasteiger partial charge on any atom is 0.259 e. The van der Waals surface area contributed by atoms with Crippen LogP contribution in [0.2, 0.25) is 0 Å². The number of ether oxygens (including phenoxy) is 1. The van der Waals surface area contributed by atoms with Crippen LogP contribution in [0.5, 0.6) is 5.75 Å². The fourth-order valence-corrected chi connectivity index (χ4v) is 3.56. The lowest BCUT2D eigenvalue weighted by atomic mass is 9.88. The number of carbonyl (C=O) groups excluding carboxylic acids is 1. The molecule has 1 amide bonds. The smallest absolute Gasteiger partial charge is 0.259 e. The predicted octanol–water partition coefficient (Wildman–Crippen LogP) is 3.13. The van der Waals surface area contributed by atoms with E-state index in [1.807, 2.05) is 41.3 Å². The van der Waals surface area contributed by atoms with Gasteiger partial charge in [-0.05, 0) is 36.2 Å². The molecule has 2 aliphatic rings. The Morgan fingerprint density at radius 1 is 1.20 bits per heavy atom. The summed E-state index contributed by atoms with van der Waals surface area (Å²) in [6.45, 7) is 2.14. The standard InChI is InChI=1S/C17H15NO2/c1-17-10-11-5-3-4-6-15(11)18(17)16(19)13-9-12(20-2)7-8-14(13)17/h3-9H,10H2,1-2H3/t17-/m1/s1. The molecule has 2 heterocycles. The molecule has 3 nitrogen and oxygen atoms in total. The third-order valence-corrected chi connectivity index (χ3v) is 4.50. The van der Waals surface area contributed by atoms with E-state index in [9.17, 15) is 4.79 Å². The van der Waals surface area contributed by atoms with Crippen LogP contribution in [-0.2, 0) is 12.0 Å². The number of benzene rings is 2. The van der Waals surface area contributed by atoms with E-state index in [0.29, 0.717) is 0 Å². The molecule has 3 heteroatoms. The molecule has 100 valence electrons. The molecular formula is C17H15NO2. The Balaban J connectivity index is 1.94. The summed E-state index contributed by atoms with van der Waals surface area (Å²) >= 11 is 0. The summed E-state index contributed by atoms with van der Waals surface area (Å²) in [6.07, 6.45) is 0.869. The van der Waals surface area contributed by atoms with Crippen LogP contribution in [0.4, 0.5) is 5.69 Å². The quantitative estimate of drug-likeness (QED) is 0.792. The Labute approximate surface area is 117 Å². The van der Waals surface area contributed by atoms with Crippen LogP contribution in [0.3, 0.4) is 0 Å². The average Bonchev–Trinajstić information content (AvgIpc) is 2.88. The molecular weight excluding hydrogens is 250 g/mol. The molecule has 0 radical (unpaired) electrons. The van der Waals surface area contributed by atoms with Gasteiger partial charge in [-0.25, -0.2) is 0 Å². The van der Waals surface area contributed by atoms with Gasteiger partial charge in [-0.3, -0.25) is 9.69 Å². The van der Waals surface area contributed by atoms with Crippen molar-refractivity contribution in [3.05, 3.63) is 59.2 Å². The molecule has 0 aromatic heterocycles. The van der Waals surface area contributed by atoms with Gasteiger partial charge in [0.25, 0.3) is 5.91 Å². The maximum absolute atomic E-state index is 12.8. The minimum absolute atomic E-state index is 0.0753. The van der Waals surface area contributed by atoms with Gasteiger partial charge in [-0.2, -0.15) is 0 Å². The Morgan fingerprint density at radius 2 is 2.00 bits per heavy atom. The highest BCUT2D eigenvalue weighted by Crippen LogP contribution is 2.51. The van der Waals surface area contributed by atoms with E-state index in [4.69, 9.17) is 4.74 Å². The lowest BCUT2D eigenvalue weighted by Gasteiger charge is -2.28. The lowest BCUT2D eigenvalue weighted by molar-refractivity contribution is 0.0983. The van der Waals surface area contributed by atoms with Crippen molar-refractivity contribution < 1.29 is 9.53 Å². The summed E-state index contributed by atoms with van der Waals surface area (Å²) in [4.78, 5) is 14.7. The van der Waals surface area contributed by atoms with Gasteiger partial charge in [0.05, 0.1) is 12.6 Å². The number of anilines is 1. The van der Waals surface area contributed by atoms with E-state index in [0.717, 1.165) is 29.0 Å². The first-order valence-electron chi connectivity index (χ1n) is 6.76. The molecule has 0 unspecified atom stereocenters. The third kappa shape index (κ3) is 1.22. The summed E-state index contributed by atoms with van der Waals surface area (Å²) in [6, 6.07) is 14.0. The van der Waals surface area contributed by atoms with Gasteiger partial charge >= 0.3 is 0 Å². The molecule has 2 aromatic rings. The molecule has 0 saturated carbocycles. The van der Waals surface area contributed by atoms with Crippen molar-refractivity contribution >= 4 is 11.6 Å². The van der Waals surface area contributed by atoms with E-state index >= 15 is 0 Å². The molecule has 0 aliphatic carbocycles. The van der Waals surface area contributed by atoms with Crippen LogP contribution in [0.25, 0.3) is 0 Å². The van der Waals surface area contributed by atoms with E-state index in [-0.39, 0.29) is 11.4 Å². The van der Waals surface area contributed by atoms with Crippen LogP contribution < -0.4 is 9.64 Å². The van der Waals surface area contributed by atoms with Crippen molar-refractivity contribution in [1.29, 1.82) is 0 Å². The van der Waals surface area contributed by atoms with Gasteiger partial charge in [-0.1, -0.05) is 24.3 Å². The van der Waals surface area contributed by atoms with Gasteiger partial charge in [0.15, 0.2) is 0 Å². The molecule has 20 heavy (non-hydrogen) atoms. The number of rotatable bonds is 1. The summed E-state index contributed by atoms with van der Waals surface area (Å²) in [7, 11) is 1.62. The second-order valence-electron chi connectivity index (χ2n) is 5.63.